The Morgan fingerprint density at radius 1 is 0.889 bits per heavy atom. The van der Waals surface area contributed by atoms with Gasteiger partial charge < -0.3 is 9.11 Å². The van der Waals surface area contributed by atoms with Gasteiger partial charge in [-0.2, -0.15) is 0 Å². The fourth-order valence-corrected chi connectivity index (χ4v) is 0. The van der Waals surface area contributed by atoms with Crippen molar-refractivity contribution in [3.05, 3.63) is 0 Å². The van der Waals surface area contributed by atoms with Crippen LogP contribution in [0.25, 0.3) is 0 Å². The summed E-state index contributed by atoms with van der Waals surface area (Å²) < 4.78 is 34.1. The Kier molecular flexibility index (Phi) is 42.4. The van der Waals surface area contributed by atoms with Gasteiger partial charge in [-0.1, -0.05) is 0 Å². The molecule has 0 aliphatic heterocycles. The number of nitrogens with zero attached hydrogens (tertiary/aromatic N) is 2. The molecule has 6 nitrogen and oxygen atoms in total. The van der Waals surface area contributed by atoms with E-state index in [1.807, 2.05) is 0 Å². The van der Waals surface area contributed by atoms with Gasteiger partial charge in [0.2, 0.25) is 0 Å². The van der Waals surface area contributed by atoms with Crippen molar-refractivity contribution in [3.8, 4) is 0 Å². The summed E-state index contributed by atoms with van der Waals surface area (Å²) in [6, 6.07) is 0. The second-order valence-electron chi connectivity index (χ2n) is 0.408. The number of hydrogen-bond donors (Lipinski definition) is 0. The van der Waals surface area contributed by atoms with Gasteiger partial charge in [0.05, 0.1) is 0 Å². The molecule has 62 valence electrons. The number of rotatable bonds is 0. The van der Waals surface area contributed by atoms with Crippen LogP contribution in [0.4, 0.5) is 0 Å². The zero-order valence-corrected chi connectivity index (χ0v) is 7.32. The molecule has 0 unspecified atom stereocenters. The van der Waals surface area contributed by atoms with Crippen LogP contribution >= 0.6 is 0 Å². The maximum absolute atomic E-state index is 8.52. The molecule has 0 bridgehead atoms. The summed E-state index contributed by atoms with van der Waals surface area (Å²) >= 11 is 0. The molecule has 0 aliphatic carbocycles. The van der Waals surface area contributed by atoms with Crippen molar-refractivity contribution < 1.29 is 62.3 Å². The molecule has 0 aliphatic rings. The van der Waals surface area contributed by atoms with Crippen LogP contribution in [0.15, 0.2) is 0 Å². The van der Waals surface area contributed by atoms with E-state index in [0.29, 0.717) is 0 Å². The first kappa shape index (κ1) is 31.8. The van der Waals surface area contributed by atoms with Gasteiger partial charge in [0.25, 0.3) is 0 Å². The molecular formula is Ag2N2O4S. The predicted molar refractivity (Wildman–Crippen MR) is 14.7 cm³/mol. The maximum atomic E-state index is 8.52. The molecule has 0 aromatic carbocycles. The zero-order valence-electron chi connectivity index (χ0n) is 3.54. The smallest absolute Gasteiger partial charge is 0.759 e. The fourth-order valence-electron chi connectivity index (χ4n) is 0. The van der Waals surface area contributed by atoms with Crippen molar-refractivity contribution in [3.63, 3.8) is 0 Å². The minimum atomic E-state index is -5.17. The van der Waals surface area contributed by atoms with Crippen LogP contribution in [-0.4, -0.2) is 17.5 Å². The maximum Gasteiger partial charge on any atom is 1.00 e. The van der Waals surface area contributed by atoms with Crippen molar-refractivity contribution in [2.24, 2.45) is 0 Å². The van der Waals surface area contributed by atoms with Gasteiger partial charge in [0.1, 0.15) is 0 Å². The molecule has 0 fully saturated rings. The van der Waals surface area contributed by atoms with E-state index in [4.69, 9.17) is 17.5 Å². The molecule has 0 spiro atoms. The monoisotopic (exact) mass is 338 g/mol. The molecule has 0 saturated heterocycles. The molecule has 0 atom stereocenters. The average molecular weight is 340 g/mol. The van der Waals surface area contributed by atoms with E-state index in [2.05, 4.69) is 0 Å². The van der Waals surface area contributed by atoms with E-state index in [9.17, 15) is 0 Å². The Morgan fingerprint density at radius 2 is 0.889 bits per heavy atom. The van der Waals surface area contributed by atoms with Crippen LogP contribution in [0.2, 0.25) is 0 Å². The molecule has 0 amide bonds. The van der Waals surface area contributed by atoms with Crippen LogP contribution in [0.3, 0.4) is 0 Å². The molecule has 0 N–H and O–H groups in total. The molecule has 0 rings (SSSR count). The topological polar surface area (TPSA) is 141 Å². The Labute approximate surface area is 84.5 Å². The Bertz CT molecular complexity index is 99.7. The summed E-state index contributed by atoms with van der Waals surface area (Å²) in [5.74, 6) is 0. The largest absolute Gasteiger partial charge is 1.00 e. The third-order valence-corrected chi connectivity index (χ3v) is 0. The first-order chi connectivity index (χ1) is 2.00. The molecule has 9 heavy (non-hydrogen) atoms. The summed E-state index contributed by atoms with van der Waals surface area (Å²) in [6.45, 7) is 0. The van der Waals surface area contributed by atoms with Crippen LogP contribution in [0, 0.1) is 0 Å². The zero-order chi connectivity index (χ0) is 4.50. The van der Waals surface area contributed by atoms with Crippen LogP contribution < -0.4 is 12.3 Å². The first-order valence-corrected chi connectivity index (χ1v) is 2.00. The summed E-state index contributed by atoms with van der Waals surface area (Å²) in [5.41, 5.74) is 0. The van der Waals surface area contributed by atoms with E-state index in [1.54, 1.807) is 0 Å². The van der Waals surface area contributed by atoms with E-state index < -0.39 is 10.4 Å². The van der Waals surface area contributed by atoms with Gasteiger partial charge in [0, 0.05) is 22.7 Å². The Morgan fingerprint density at radius 3 is 0.889 bits per heavy atom. The SMILES string of the molecule is O=S(=O)([O-])[O-].[Ag+].[Ag+].[N].[N]. The second-order valence-corrected chi connectivity index (χ2v) is 1.22. The molecule has 0 saturated carbocycles. The van der Waals surface area contributed by atoms with E-state index >= 15 is 0 Å². The summed E-state index contributed by atoms with van der Waals surface area (Å²) in [5, 5.41) is 0. The molecular weight excluding hydrogens is 340 g/mol. The molecule has 9 heteroatoms. The van der Waals surface area contributed by atoms with Gasteiger partial charge in [0.15, 0.2) is 0 Å². The summed E-state index contributed by atoms with van der Waals surface area (Å²) in [4.78, 5) is 0. The van der Waals surface area contributed by atoms with Crippen LogP contribution in [-0.2, 0) is 55.2 Å². The molecule has 0 aromatic heterocycles. The van der Waals surface area contributed by atoms with Crippen molar-refractivity contribution in [1.82, 2.24) is 12.3 Å². The van der Waals surface area contributed by atoms with Crippen molar-refractivity contribution in [2.45, 2.75) is 0 Å². The third-order valence-electron chi connectivity index (χ3n) is 0. The Hall–Kier alpha value is 1.27. The average Bonchev–Trinajstić information content (AvgIpc) is 0.722. The standard InChI is InChI=1S/2Ag.2N.H2O4S/c;;;;1-5(2,3)4/h;;;;(H2,1,2,3,4)/q2*+1;;;/p-2. The van der Waals surface area contributed by atoms with Crippen LogP contribution in [0.5, 0.6) is 0 Å². The first-order valence-electron chi connectivity index (χ1n) is 0.667. The van der Waals surface area contributed by atoms with Crippen molar-refractivity contribution >= 4 is 10.4 Å². The molecule has 6 radical (unpaired) electrons. The van der Waals surface area contributed by atoms with Gasteiger partial charge in [-0.15, -0.1) is 0 Å². The van der Waals surface area contributed by atoms with Crippen molar-refractivity contribution in [1.29, 1.82) is 0 Å². The summed E-state index contributed by atoms with van der Waals surface area (Å²) in [7, 11) is -5.17. The summed E-state index contributed by atoms with van der Waals surface area (Å²) in [6.07, 6.45) is 0. The Balaban J connectivity index is -0.0000000133. The second kappa shape index (κ2) is 12.0. The fraction of sp³-hybridized carbons (Fsp3) is 0. The van der Waals surface area contributed by atoms with Gasteiger partial charge >= 0.3 is 44.8 Å². The predicted octanol–water partition coefficient (Wildman–Crippen LogP) is -2.30. The molecule has 0 heterocycles. The van der Waals surface area contributed by atoms with Gasteiger partial charge in [-0.25, -0.2) is 0 Å². The number of hydrogen-bond acceptors (Lipinski definition) is 4. The van der Waals surface area contributed by atoms with E-state index in [1.165, 1.54) is 0 Å². The minimum Gasteiger partial charge on any atom is -0.759 e. The van der Waals surface area contributed by atoms with Crippen LogP contribution in [0.1, 0.15) is 0 Å². The third kappa shape index (κ3) is 304. The normalized spacial score (nSPS) is 6.44. The quantitative estimate of drug-likeness (QED) is 0.278. The van der Waals surface area contributed by atoms with Crippen molar-refractivity contribution in [2.75, 3.05) is 0 Å². The minimum absolute atomic E-state index is 0. The van der Waals surface area contributed by atoms with Gasteiger partial charge in [-0.3, -0.25) is 8.42 Å². The molecule has 0 aromatic rings. The van der Waals surface area contributed by atoms with E-state index in [0.717, 1.165) is 0 Å². The van der Waals surface area contributed by atoms with E-state index in [-0.39, 0.29) is 57.1 Å². The van der Waals surface area contributed by atoms with Gasteiger partial charge in [-0.05, 0) is 0 Å².